The third kappa shape index (κ3) is 4.69. The van der Waals surface area contributed by atoms with Gasteiger partial charge in [-0.25, -0.2) is 0 Å². The minimum Gasteiger partial charge on any atom is -0.469 e. The number of halogens is 1. The third-order valence-electron chi connectivity index (χ3n) is 1.57. The van der Waals surface area contributed by atoms with E-state index in [0.717, 1.165) is 0 Å². The lowest BCUT2D eigenvalue weighted by Gasteiger charge is -2.14. The summed E-state index contributed by atoms with van der Waals surface area (Å²) >= 11 is 3.12. The molecule has 0 aromatic rings. The van der Waals surface area contributed by atoms with Crippen LogP contribution in [-0.4, -0.2) is 34.9 Å². The van der Waals surface area contributed by atoms with Gasteiger partial charge in [0.15, 0.2) is 6.29 Å². The minimum atomic E-state index is -1.38. The molecule has 0 saturated heterocycles. The van der Waals surface area contributed by atoms with Crippen LogP contribution < -0.4 is 0 Å². The summed E-state index contributed by atoms with van der Waals surface area (Å²) in [5, 5.41) is 18.0. The van der Waals surface area contributed by atoms with E-state index in [1.54, 1.807) is 0 Å². The molecule has 1 unspecified atom stereocenters. The maximum Gasteiger partial charge on any atom is 0.305 e. The van der Waals surface area contributed by atoms with Crippen molar-refractivity contribution in [1.82, 2.24) is 0 Å². The summed E-state index contributed by atoms with van der Waals surface area (Å²) in [6.45, 7) is 0. The van der Waals surface area contributed by atoms with E-state index in [4.69, 9.17) is 10.2 Å². The van der Waals surface area contributed by atoms with Gasteiger partial charge >= 0.3 is 5.97 Å². The average molecular weight is 241 g/mol. The van der Waals surface area contributed by atoms with Crippen molar-refractivity contribution in [2.24, 2.45) is 5.92 Å². The van der Waals surface area contributed by atoms with Crippen molar-refractivity contribution in [2.75, 3.05) is 12.4 Å². The quantitative estimate of drug-likeness (QED) is 0.411. The van der Waals surface area contributed by atoms with Crippen molar-refractivity contribution in [3.63, 3.8) is 0 Å². The standard InChI is InChI=1S/C7H13BrO4/c1-12-6(9)3-2-5(4-8)7(10)11/h5,7,10-11H,2-4H2,1H3. The summed E-state index contributed by atoms with van der Waals surface area (Å²) in [6.07, 6.45) is -0.756. The smallest absolute Gasteiger partial charge is 0.305 e. The molecule has 0 rings (SSSR count). The molecule has 0 heterocycles. The van der Waals surface area contributed by atoms with Gasteiger partial charge in [-0.1, -0.05) is 15.9 Å². The zero-order valence-corrected chi connectivity index (χ0v) is 8.45. The summed E-state index contributed by atoms with van der Waals surface area (Å²) in [5.41, 5.74) is 0. The van der Waals surface area contributed by atoms with Crippen LogP contribution in [-0.2, 0) is 9.53 Å². The lowest BCUT2D eigenvalue weighted by molar-refractivity contribution is -0.141. The maximum atomic E-state index is 10.7. The molecule has 0 aromatic heterocycles. The van der Waals surface area contributed by atoms with E-state index in [1.807, 2.05) is 0 Å². The van der Waals surface area contributed by atoms with Gasteiger partial charge in [0, 0.05) is 17.7 Å². The highest BCUT2D eigenvalue weighted by molar-refractivity contribution is 9.09. The lowest BCUT2D eigenvalue weighted by atomic mass is 10.1. The Morgan fingerprint density at radius 3 is 2.50 bits per heavy atom. The van der Waals surface area contributed by atoms with Crippen LogP contribution in [0.1, 0.15) is 12.8 Å². The first kappa shape index (κ1) is 11.9. The van der Waals surface area contributed by atoms with Crippen molar-refractivity contribution in [3.8, 4) is 0 Å². The van der Waals surface area contributed by atoms with Crippen LogP contribution in [0, 0.1) is 5.92 Å². The molecule has 5 heteroatoms. The second-order valence-corrected chi connectivity index (χ2v) is 3.09. The number of ether oxygens (including phenoxy) is 1. The van der Waals surface area contributed by atoms with Crippen molar-refractivity contribution >= 4 is 21.9 Å². The molecule has 0 spiro atoms. The fraction of sp³-hybridized carbons (Fsp3) is 0.857. The predicted molar refractivity (Wildman–Crippen MR) is 46.8 cm³/mol. The minimum absolute atomic E-state index is 0.213. The van der Waals surface area contributed by atoms with Crippen molar-refractivity contribution in [2.45, 2.75) is 19.1 Å². The molecule has 2 N–H and O–H groups in total. The number of rotatable bonds is 5. The number of carbonyl (C=O) groups excluding carboxylic acids is 1. The van der Waals surface area contributed by atoms with Gasteiger partial charge in [-0.2, -0.15) is 0 Å². The van der Waals surface area contributed by atoms with Gasteiger partial charge in [-0.15, -0.1) is 0 Å². The Morgan fingerprint density at radius 2 is 2.17 bits per heavy atom. The Balaban J connectivity index is 3.65. The normalized spacial score (nSPS) is 13.1. The molecular formula is C7H13BrO4. The summed E-state index contributed by atoms with van der Waals surface area (Å²) in [4.78, 5) is 10.7. The molecule has 4 nitrogen and oxygen atoms in total. The van der Waals surface area contributed by atoms with Crippen LogP contribution in [0.2, 0.25) is 0 Å². The summed E-state index contributed by atoms with van der Waals surface area (Å²) in [5.74, 6) is -0.648. The first-order valence-electron chi connectivity index (χ1n) is 3.60. The van der Waals surface area contributed by atoms with Crippen molar-refractivity contribution in [3.05, 3.63) is 0 Å². The van der Waals surface area contributed by atoms with Crippen LogP contribution in [0.25, 0.3) is 0 Å². The predicted octanol–water partition coefficient (Wildman–Crippen LogP) is 0.261. The monoisotopic (exact) mass is 240 g/mol. The topological polar surface area (TPSA) is 66.8 Å². The number of esters is 1. The number of aliphatic hydroxyl groups excluding tert-OH is 1. The van der Waals surface area contributed by atoms with E-state index in [-0.39, 0.29) is 18.3 Å². The summed E-state index contributed by atoms with van der Waals surface area (Å²) in [6, 6.07) is 0. The van der Waals surface area contributed by atoms with Gasteiger partial charge in [-0.3, -0.25) is 4.79 Å². The lowest BCUT2D eigenvalue weighted by Crippen LogP contribution is -2.22. The van der Waals surface area contributed by atoms with Crippen LogP contribution in [0.4, 0.5) is 0 Å². The number of hydrogen-bond donors (Lipinski definition) is 2. The molecule has 12 heavy (non-hydrogen) atoms. The summed E-state index contributed by atoms with van der Waals surface area (Å²) in [7, 11) is 1.31. The van der Waals surface area contributed by atoms with E-state index >= 15 is 0 Å². The van der Waals surface area contributed by atoms with E-state index in [1.165, 1.54) is 7.11 Å². The van der Waals surface area contributed by atoms with E-state index in [0.29, 0.717) is 11.8 Å². The highest BCUT2D eigenvalue weighted by Crippen LogP contribution is 2.13. The first-order chi connectivity index (χ1) is 5.61. The van der Waals surface area contributed by atoms with Crippen molar-refractivity contribution in [1.29, 1.82) is 0 Å². The molecule has 0 aliphatic heterocycles. The Hall–Kier alpha value is -0.130. The third-order valence-corrected chi connectivity index (χ3v) is 2.40. The average Bonchev–Trinajstić information content (AvgIpc) is 2.04. The van der Waals surface area contributed by atoms with Crippen LogP contribution in [0.15, 0.2) is 0 Å². The molecule has 1 atom stereocenters. The molecular weight excluding hydrogens is 228 g/mol. The Labute approximate surface area is 79.7 Å². The van der Waals surface area contributed by atoms with Gasteiger partial charge < -0.3 is 14.9 Å². The Bertz CT molecular complexity index is 137. The fourth-order valence-corrected chi connectivity index (χ4v) is 1.37. The van der Waals surface area contributed by atoms with Gasteiger partial charge in [0.25, 0.3) is 0 Å². The molecule has 0 fully saturated rings. The largest absolute Gasteiger partial charge is 0.469 e. The zero-order valence-electron chi connectivity index (χ0n) is 6.86. The number of hydrogen-bond acceptors (Lipinski definition) is 4. The molecule has 0 aromatic carbocycles. The van der Waals surface area contributed by atoms with Gasteiger partial charge in [0.1, 0.15) is 0 Å². The van der Waals surface area contributed by atoms with E-state index in [2.05, 4.69) is 20.7 Å². The molecule has 0 aliphatic carbocycles. The first-order valence-corrected chi connectivity index (χ1v) is 4.73. The molecule has 0 bridgehead atoms. The van der Waals surface area contributed by atoms with E-state index < -0.39 is 6.29 Å². The zero-order chi connectivity index (χ0) is 9.56. The maximum absolute atomic E-state index is 10.7. The van der Waals surface area contributed by atoms with Gasteiger partial charge in [0.05, 0.1) is 7.11 Å². The molecule has 0 radical (unpaired) electrons. The second kappa shape index (κ2) is 6.39. The highest BCUT2D eigenvalue weighted by atomic mass is 79.9. The van der Waals surface area contributed by atoms with Gasteiger partial charge in [-0.05, 0) is 6.42 Å². The van der Waals surface area contributed by atoms with Gasteiger partial charge in [0.2, 0.25) is 0 Å². The SMILES string of the molecule is COC(=O)CCC(CBr)C(O)O. The number of alkyl halides is 1. The molecule has 0 saturated carbocycles. The van der Waals surface area contributed by atoms with Crippen molar-refractivity contribution < 1.29 is 19.7 Å². The number of methoxy groups -OCH3 is 1. The van der Waals surface area contributed by atoms with Crippen LogP contribution >= 0.6 is 15.9 Å². The Kier molecular flexibility index (Phi) is 6.32. The number of aliphatic hydroxyl groups is 2. The molecule has 72 valence electrons. The van der Waals surface area contributed by atoms with Crippen LogP contribution in [0.5, 0.6) is 0 Å². The van der Waals surface area contributed by atoms with E-state index in [9.17, 15) is 4.79 Å². The molecule has 0 aliphatic rings. The fourth-order valence-electron chi connectivity index (χ4n) is 0.711. The Morgan fingerprint density at radius 1 is 1.58 bits per heavy atom. The number of carbonyl (C=O) groups is 1. The summed E-state index contributed by atoms with van der Waals surface area (Å²) < 4.78 is 4.41. The molecule has 0 amide bonds. The second-order valence-electron chi connectivity index (χ2n) is 2.44. The highest BCUT2D eigenvalue weighted by Gasteiger charge is 2.16. The van der Waals surface area contributed by atoms with Crippen LogP contribution in [0.3, 0.4) is 0 Å².